The van der Waals surface area contributed by atoms with Gasteiger partial charge >= 0.3 is 0 Å². The Balaban J connectivity index is 2.16. The summed E-state index contributed by atoms with van der Waals surface area (Å²) in [6.07, 6.45) is 3.05. The number of amides is 1. The van der Waals surface area contributed by atoms with E-state index in [1.165, 1.54) is 10.8 Å². The van der Waals surface area contributed by atoms with Gasteiger partial charge in [-0.1, -0.05) is 18.2 Å². The number of hydrogen-bond donors (Lipinski definition) is 2. The molecule has 0 fully saturated rings. The van der Waals surface area contributed by atoms with E-state index in [0.717, 1.165) is 0 Å². The number of para-hydroxylation sites is 1. The largest absolute Gasteiger partial charge is 0.506 e. The molecule has 2 aromatic heterocycles. The van der Waals surface area contributed by atoms with Gasteiger partial charge in [0.1, 0.15) is 11.3 Å². The van der Waals surface area contributed by atoms with Crippen molar-refractivity contribution in [2.75, 3.05) is 5.32 Å². The van der Waals surface area contributed by atoms with Crippen molar-refractivity contribution < 1.29 is 9.90 Å². The number of benzene rings is 1. The van der Waals surface area contributed by atoms with Crippen LogP contribution < -0.4 is 10.9 Å². The highest BCUT2D eigenvalue weighted by Gasteiger charge is 2.22. The van der Waals surface area contributed by atoms with Gasteiger partial charge in [0.25, 0.3) is 11.5 Å². The number of rotatable bonds is 4. The third-order valence-electron chi connectivity index (χ3n) is 3.70. The first-order valence-corrected chi connectivity index (χ1v) is 7.59. The molecule has 0 aliphatic rings. The average Bonchev–Trinajstić information content (AvgIpc) is 2.59. The standard InChI is InChI=1S/C18H16N4O3/c1-3-10-22-13-7-5-4-6-12(13)15(23)14(17(22)25)16(24)21-18-19-9-8-11(2)20-18/h3-9,23H,1,10H2,2H3,(H,19,20,21,24). The minimum absolute atomic E-state index is 0.0622. The summed E-state index contributed by atoms with van der Waals surface area (Å²) in [4.78, 5) is 33.3. The van der Waals surface area contributed by atoms with Gasteiger partial charge in [0, 0.05) is 23.8 Å². The van der Waals surface area contributed by atoms with Crippen molar-refractivity contribution in [3.8, 4) is 5.75 Å². The van der Waals surface area contributed by atoms with E-state index in [9.17, 15) is 14.7 Å². The number of fused-ring (bicyclic) bond motifs is 1. The van der Waals surface area contributed by atoms with Crippen LogP contribution in [0.4, 0.5) is 5.95 Å². The fraction of sp³-hybridized carbons (Fsp3) is 0.111. The lowest BCUT2D eigenvalue weighted by molar-refractivity contribution is 0.102. The molecule has 25 heavy (non-hydrogen) atoms. The number of carbonyl (C=O) groups is 1. The van der Waals surface area contributed by atoms with Crippen molar-refractivity contribution in [2.45, 2.75) is 13.5 Å². The molecule has 1 aromatic carbocycles. The van der Waals surface area contributed by atoms with Crippen LogP contribution in [0.15, 0.2) is 54.0 Å². The lowest BCUT2D eigenvalue weighted by Gasteiger charge is -2.13. The Morgan fingerprint density at radius 3 is 2.84 bits per heavy atom. The summed E-state index contributed by atoms with van der Waals surface area (Å²) in [5.41, 5.74) is 0.220. The summed E-state index contributed by atoms with van der Waals surface area (Å²) in [6, 6.07) is 8.49. The molecule has 0 saturated heterocycles. The molecule has 3 rings (SSSR count). The quantitative estimate of drug-likeness (QED) is 0.712. The second-order valence-corrected chi connectivity index (χ2v) is 5.42. The van der Waals surface area contributed by atoms with Crippen LogP contribution in [-0.4, -0.2) is 25.5 Å². The molecule has 0 unspecified atom stereocenters. The molecular formula is C18H16N4O3. The van der Waals surface area contributed by atoms with Crippen LogP contribution in [0.3, 0.4) is 0 Å². The number of pyridine rings is 1. The van der Waals surface area contributed by atoms with Crippen LogP contribution in [0.5, 0.6) is 5.75 Å². The fourth-order valence-electron chi connectivity index (χ4n) is 2.58. The highest BCUT2D eigenvalue weighted by molar-refractivity contribution is 6.08. The Hall–Kier alpha value is -3.48. The Morgan fingerprint density at radius 1 is 1.36 bits per heavy atom. The number of aryl methyl sites for hydroxylation is 1. The first-order chi connectivity index (χ1) is 12.0. The van der Waals surface area contributed by atoms with Gasteiger partial charge in [-0.25, -0.2) is 9.97 Å². The summed E-state index contributed by atoms with van der Waals surface area (Å²) in [5, 5.41) is 13.3. The highest BCUT2D eigenvalue weighted by Crippen LogP contribution is 2.26. The predicted molar refractivity (Wildman–Crippen MR) is 94.8 cm³/mol. The summed E-state index contributed by atoms with van der Waals surface area (Å²) >= 11 is 0. The summed E-state index contributed by atoms with van der Waals surface area (Å²) in [6.45, 7) is 5.60. The SMILES string of the molecule is C=CCn1c(=O)c(C(=O)Nc2nccc(C)n2)c(O)c2ccccc21. The van der Waals surface area contributed by atoms with Crippen molar-refractivity contribution in [3.05, 3.63) is 70.8 Å². The second kappa shape index (κ2) is 6.56. The highest BCUT2D eigenvalue weighted by atomic mass is 16.3. The van der Waals surface area contributed by atoms with Crippen LogP contribution in [0, 0.1) is 6.92 Å². The maximum Gasteiger partial charge on any atom is 0.268 e. The van der Waals surface area contributed by atoms with E-state index < -0.39 is 11.5 Å². The number of aromatic hydroxyl groups is 1. The van der Waals surface area contributed by atoms with Crippen LogP contribution in [-0.2, 0) is 6.54 Å². The lowest BCUT2D eigenvalue weighted by atomic mass is 10.1. The third-order valence-corrected chi connectivity index (χ3v) is 3.70. The molecule has 7 nitrogen and oxygen atoms in total. The van der Waals surface area contributed by atoms with E-state index in [4.69, 9.17) is 0 Å². The van der Waals surface area contributed by atoms with E-state index in [1.54, 1.807) is 43.3 Å². The number of nitrogens with zero attached hydrogens (tertiary/aromatic N) is 3. The normalized spacial score (nSPS) is 10.6. The fourth-order valence-corrected chi connectivity index (χ4v) is 2.58. The summed E-state index contributed by atoms with van der Waals surface area (Å²) in [5.74, 6) is -1.07. The average molecular weight is 336 g/mol. The Kier molecular flexibility index (Phi) is 4.30. The number of nitrogens with one attached hydrogen (secondary N) is 1. The topological polar surface area (TPSA) is 97.1 Å². The van der Waals surface area contributed by atoms with E-state index in [1.807, 2.05) is 0 Å². The molecule has 0 spiro atoms. The smallest absolute Gasteiger partial charge is 0.268 e. The lowest BCUT2D eigenvalue weighted by Crippen LogP contribution is -2.30. The van der Waals surface area contributed by atoms with E-state index in [2.05, 4.69) is 21.9 Å². The van der Waals surface area contributed by atoms with Gasteiger partial charge in [-0.3, -0.25) is 14.9 Å². The summed E-state index contributed by atoms with van der Waals surface area (Å²) in [7, 11) is 0. The zero-order valence-corrected chi connectivity index (χ0v) is 13.6. The van der Waals surface area contributed by atoms with Crippen molar-refractivity contribution >= 4 is 22.8 Å². The van der Waals surface area contributed by atoms with Crippen molar-refractivity contribution in [1.82, 2.24) is 14.5 Å². The van der Waals surface area contributed by atoms with E-state index in [-0.39, 0.29) is 23.8 Å². The Morgan fingerprint density at radius 2 is 2.12 bits per heavy atom. The number of anilines is 1. The minimum atomic E-state index is -0.767. The molecule has 1 amide bonds. The molecular weight excluding hydrogens is 320 g/mol. The first kappa shape index (κ1) is 16.4. The second-order valence-electron chi connectivity index (χ2n) is 5.42. The van der Waals surface area contributed by atoms with Gasteiger partial charge in [0.15, 0.2) is 0 Å². The molecule has 0 bridgehead atoms. The predicted octanol–water partition coefficient (Wildman–Crippen LogP) is 2.24. The van der Waals surface area contributed by atoms with E-state index >= 15 is 0 Å². The molecule has 3 aromatic rings. The molecule has 0 atom stereocenters. The third kappa shape index (κ3) is 2.99. The van der Waals surface area contributed by atoms with E-state index in [0.29, 0.717) is 16.6 Å². The van der Waals surface area contributed by atoms with Crippen molar-refractivity contribution in [1.29, 1.82) is 0 Å². The maximum atomic E-state index is 12.7. The van der Waals surface area contributed by atoms with Gasteiger partial charge in [0.05, 0.1) is 5.52 Å². The van der Waals surface area contributed by atoms with Crippen molar-refractivity contribution in [3.63, 3.8) is 0 Å². The minimum Gasteiger partial charge on any atom is -0.506 e. The first-order valence-electron chi connectivity index (χ1n) is 7.59. The molecule has 0 aliphatic heterocycles. The van der Waals surface area contributed by atoms with Gasteiger partial charge in [0.2, 0.25) is 5.95 Å². The number of carbonyl (C=O) groups excluding carboxylic acids is 1. The summed E-state index contributed by atoms with van der Waals surface area (Å²) < 4.78 is 1.38. The van der Waals surface area contributed by atoms with Crippen LogP contribution >= 0.6 is 0 Å². The molecule has 0 radical (unpaired) electrons. The monoisotopic (exact) mass is 336 g/mol. The number of aromatic nitrogens is 3. The van der Waals surface area contributed by atoms with Gasteiger partial charge in [-0.05, 0) is 25.1 Å². The van der Waals surface area contributed by atoms with Gasteiger partial charge < -0.3 is 9.67 Å². The molecule has 7 heteroatoms. The molecule has 0 aliphatic carbocycles. The molecule has 2 N–H and O–H groups in total. The molecule has 0 saturated carbocycles. The zero-order chi connectivity index (χ0) is 18.0. The molecule has 126 valence electrons. The maximum absolute atomic E-state index is 12.7. The Bertz CT molecular complexity index is 1040. The zero-order valence-electron chi connectivity index (χ0n) is 13.6. The Labute approximate surface area is 143 Å². The van der Waals surface area contributed by atoms with Crippen LogP contribution in [0.2, 0.25) is 0 Å². The molecule has 2 heterocycles. The van der Waals surface area contributed by atoms with Crippen molar-refractivity contribution in [2.24, 2.45) is 0 Å². The van der Waals surface area contributed by atoms with Gasteiger partial charge in [-0.15, -0.1) is 6.58 Å². The van der Waals surface area contributed by atoms with Crippen LogP contribution in [0.25, 0.3) is 10.9 Å². The number of hydrogen-bond acceptors (Lipinski definition) is 5. The van der Waals surface area contributed by atoms with Crippen LogP contribution in [0.1, 0.15) is 16.1 Å². The van der Waals surface area contributed by atoms with Gasteiger partial charge in [-0.2, -0.15) is 0 Å². The number of allylic oxidation sites excluding steroid dienone is 1.